The molecule has 1 fully saturated rings. The number of likely N-dealkylation sites (tertiary alicyclic amines) is 1. The van der Waals surface area contributed by atoms with Gasteiger partial charge in [0.15, 0.2) is 0 Å². The average Bonchev–Trinajstić information content (AvgIpc) is 2.80. The molecule has 0 radical (unpaired) electrons. The van der Waals surface area contributed by atoms with Crippen molar-refractivity contribution in [1.29, 1.82) is 0 Å². The first kappa shape index (κ1) is 21.0. The number of fused-ring (bicyclic) bond motifs is 1. The Bertz CT molecular complexity index is 1050. The second-order valence-corrected chi connectivity index (χ2v) is 8.15. The molecular weight excluding hydrogens is 388 g/mol. The Balaban J connectivity index is 1.22. The monoisotopic (exact) mass is 416 g/mol. The molecule has 0 unspecified atom stereocenters. The Labute approximate surface area is 182 Å². The molecule has 31 heavy (non-hydrogen) atoms. The summed E-state index contributed by atoms with van der Waals surface area (Å²) in [4.78, 5) is 31.5. The lowest BCUT2D eigenvalue weighted by atomic mass is 9.96. The van der Waals surface area contributed by atoms with Crippen LogP contribution in [0.3, 0.4) is 0 Å². The van der Waals surface area contributed by atoms with Gasteiger partial charge in [-0.25, -0.2) is 4.98 Å². The molecule has 2 N–H and O–H groups in total. The lowest BCUT2D eigenvalue weighted by Crippen LogP contribution is -2.39. The summed E-state index contributed by atoms with van der Waals surface area (Å²) < 4.78 is 0. The zero-order valence-corrected chi connectivity index (χ0v) is 17.8. The zero-order valence-electron chi connectivity index (χ0n) is 17.8. The molecule has 160 valence electrons. The number of amides is 2. The van der Waals surface area contributed by atoms with Crippen molar-refractivity contribution in [2.75, 3.05) is 30.3 Å². The van der Waals surface area contributed by atoms with Gasteiger partial charge in [0.25, 0.3) is 0 Å². The van der Waals surface area contributed by atoms with Crippen LogP contribution in [-0.4, -0.2) is 41.3 Å². The second-order valence-electron chi connectivity index (χ2n) is 8.15. The highest BCUT2D eigenvalue weighted by atomic mass is 16.2. The fraction of sp³-hybridized carbons (Fsp3) is 0.320. The van der Waals surface area contributed by atoms with Crippen LogP contribution in [0.1, 0.15) is 24.8 Å². The smallest absolute Gasteiger partial charge is 0.228 e. The van der Waals surface area contributed by atoms with E-state index >= 15 is 0 Å². The SMILES string of the molecule is Cc1ccc(NC(=O)C2CCN(CCC(=O)Nc3cccc4ccccc34)CC2)nc1. The number of piperidine rings is 1. The first-order valence-electron chi connectivity index (χ1n) is 10.8. The van der Waals surface area contributed by atoms with Crippen molar-refractivity contribution in [3.05, 3.63) is 66.4 Å². The molecule has 0 aliphatic carbocycles. The fourth-order valence-electron chi connectivity index (χ4n) is 4.00. The summed E-state index contributed by atoms with van der Waals surface area (Å²) in [6.07, 6.45) is 3.78. The van der Waals surface area contributed by atoms with Crippen LogP contribution in [-0.2, 0) is 9.59 Å². The third-order valence-electron chi connectivity index (χ3n) is 5.84. The van der Waals surface area contributed by atoms with E-state index in [1.807, 2.05) is 61.5 Å². The van der Waals surface area contributed by atoms with Gasteiger partial charge >= 0.3 is 0 Å². The van der Waals surface area contributed by atoms with Crippen LogP contribution < -0.4 is 10.6 Å². The number of benzene rings is 2. The largest absolute Gasteiger partial charge is 0.325 e. The van der Waals surface area contributed by atoms with Crippen LogP contribution in [0.2, 0.25) is 0 Å². The van der Waals surface area contributed by atoms with Crippen molar-refractivity contribution in [2.24, 2.45) is 5.92 Å². The zero-order chi connectivity index (χ0) is 21.6. The Morgan fingerprint density at radius 3 is 2.55 bits per heavy atom. The molecule has 1 aliphatic rings. The van der Waals surface area contributed by atoms with Crippen LogP contribution in [0.4, 0.5) is 11.5 Å². The van der Waals surface area contributed by atoms with Crippen LogP contribution in [0.15, 0.2) is 60.8 Å². The van der Waals surface area contributed by atoms with Crippen LogP contribution in [0.5, 0.6) is 0 Å². The van der Waals surface area contributed by atoms with Gasteiger partial charge in [-0.15, -0.1) is 0 Å². The number of anilines is 2. The standard InChI is InChI=1S/C25H28N4O2/c1-18-9-10-23(26-17-18)28-25(31)20-11-14-29(15-12-20)16-13-24(30)27-22-8-4-6-19-5-2-3-7-21(19)22/h2-10,17,20H,11-16H2,1H3,(H,27,30)(H,26,28,31). The van der Waals surface area contributed by atoms with E-state index in [1.165, 1.54) is 0 Å². The maximum Gasteiger partial charge on any atom is 0.228 e. The van der Waals surface area contributed by atoms with E-state index < -0.39 is 0 Å². The summed E-state index contributed by atoms with van der Waals surface area (Å²) in [7, 11) is 0. The van der Waals surface area contributed by atoms with Crippen molar-refractivity contribution in [2.45, 2.75) is 26.2 Å². The normalized spacial score (nSPS) is 15.0. The summed E-state index contributed by atoms with van der Waals surface area (Å²) in [5, 5.41) is 8.12. The summed E-state index contributed by atoms with van der Waals surface area (Å²) in [6, 6.07) is 17.7. The van der Waals surface area contributed by atoms with Gasteiger partial charge in [0.1, 0.15) is 5.82 Å². The van der Waals surface area contributed by atoms with Gasteiger partial charge in [0, 0.05) is 36.2 Å². The van der Waals surface area contributed by atoms with Crippen molar-refractivity contribution in [3.63, 3.8) is 0 Å². The molecule has 0 spiro atoms. The summed E-state index contributed by atoms with van der Waals surface area (Å²) >= 11 is 0. The van der Waals surface area contributed by atoms with Crippen molar-refractivity contribution < 1.29 is 9.59 Å². The highest BCUT2D eigenvalue weighted by Gasteiger charge is 2.25. The lowest BCUT2D eigenvalue weighted by molar-refractivity contribution is -0.121. The number of carbonyl (C=O) groups is 2. The molecule has 1 saturated heterocycles. The van der Waals surface area contributed by atoms with Crippen LogP contribution in [0.25, 0.3) is 10.8 Å². The van der Waals surface area contributed by atoms with Crippen molar-refractivity contribution in [1.82, 2.24) is 9.88 Å². The Kier molecular flexibility index (Phi) is 6.57. The quantitative estimate of drug-likeness (QED) is 0.631. The maximum absolute atomic E-state index is 12.5. The molecule has 0 atom stereocenters. The minimum absolute atomic E-state index is 0.0103. The van der Waals surface area contributed by atoms with Gasteiger partial charge < -0.3 is 15.5 Å². The first-order valence-corrected chi connectivity index (χ1v) is 10.8. The second kappa shape index (κ2) is 9.71. The molecule has 3 aromatic rings. The molecule has 1 aliphatic heterocycles. The lowest BCUT2D eigenvalue weighted by Gasteiger charge is -2.31. The predicted molar refractivity (Wildman–Crippen MR) is 124 cm³/mol. The molecule has 2 heterocycles. The van der Waals surface area contributed by atoms with Crippen molar-refractivity contribution >= 4 is 34.1 Å². The Hall–Kier alpha value is -3.25. The number of rotatable bonds is 6. The van der Waals surface area contributed by atoms with E-state index in [2.05, 4.69) is 20.5 Å². The Morgan fingerprint density at radius 1 is 1.00 bits per heavy atom. The molecule has 0 bridgehead atoms. The van der Waals surface area contributed by atoms with Crippen molar-refractivity contribution in [3.8, 4) is 0 Å². The van der Waals surface area contributed by atoms with Gasteiger partial charge in [0.2, 0.25) is 11.8 Å². The molecule has 2 aromatic carbocycles. The number of hydrogen-bond donors (Lipinski definition) is 2. The van der Waals surface area contributed by atoms with Crippen LogP contribution >= 0.6 is 0 Å². The van der Waals surface area contributed by atoms with Gasteiger partial charge in [-0.1, -0.05) is 42.5 Å². The molecule has 4 rings (SSSR count). The number of nitrogens with one attached hydrogen (secondary N) is 2. The van der Waals surface area contributed by atoms with Gasteiger partial charge in [-0.3, -0.25) is 9.59 Å². The summed E-state index contributed by atoms with van der Waals surface area (Å²) in [5.74, 6) is 0.637. The summed E-state index contributed by atoms with van der Waals surface area (Å²) in [6.45, 7) is 4.31. The topological polar surface area (TPSA) is 74.3 Å². The van der Waals surface area contributed by atoms with E-state index in [0.717, 1.165) is 48.0 Å². The highest BCUT2D eigenvalue weighted by Crippen LogP contribution is 2.23. The van der Waals surface area contributed by atoms with E-state index in [1.54, 1.807) is 6.20 Å². The van der Waals surface area contributed by atoms with Crippen LogP contribution in [0, 0.1) is 12.8 Å². The fourth-order valence-corrected chi connectivity index (χ4v) is 4.00. The Morgan fingerprint density at radius 2 is 1.77 bits per heavy atom. The number of carbonyl (C=O) groups excluding carboxylic acids is 2. The van der Waals surface area contributed by atoms with E-state index in [4.69, 9.17) is 0 Å². The predicted octanol–water partition coefficient (Wildman–Crippen LogP) is 4.22. The highest BCUT2D eigenvalue weighted by molar-refractivity contribution is 6.02. The molecule has 0 saturated carbocycles. The summed E-state index contributed by atoms with van der Waals surface area (Å²) in [5.41, 5.74) is 1.92. The third kappa shape index (κ3) is 5.47. The van der Waals surface area contributed by atoms with E-state index in [0.29, 0.717) is 18.8 Å². The van der Waals surface area contributed by atoms with Gasteiger partial charge in [0.05, 0.1) is 0 Å². The molecular formula is C25H28N4O2. The number of hydrogen-bond acceptors (Lipinski definition) is 4. The first-order chi connectivity index (χ1) is 15.1. The van der Waals surface area contributed by atoms with E-state index in [9.17, 15) is 9.59 Å². The van der Waals surface area contributed by atoms with E-state index in [-0.39, 0.29) is 17.7 Å². The minimum Gasteiger partial charge on any atom is -0.325 e. The van der Waals surface area contributed by atoms with Gasteiger partial charge in [-0.05, 0) is 55.9 Å². The number of aryl methyl sites for hydroxylation is 1. The number of aromatic nitrogens is 1. The molecule has 6 heteroatoms. The molecule has 6 nitrogen and oxygen atoms in total. The molecule has 2 amide bonds. The minimum atomic E-state index is -0.0103. The van der Waals surface area contributed by atoms with Gasteiger partial charge in [-0.2, -0.15) is 0 Å². The number of nitrogens with zero attached hydrogens (tertiary/aromatic N) is 2. The number of pyridine rings is 1. The average molecular weight is 417 g/mol. The molecule has 1 aromatic heterocycles. The maximum atomic E-state index is 12.5. The third-order valence-corrected chi connectivity index (χ3v) is 5.84.